The Morgan fingerprint density at radius 2 is 2.12 bits per heavy atom. The highest BCUT2D eigenvalue weighted by atomic mass is 16.3. The minimum Gasteiger partial charge on any atom is -0.508 e. The summed E-state index contributed by atoms with van der Waals surface area (Å²) in [4.78, 5) is 2.44. The van der Waals surface area contributed by atoms with Crippen molar-refractivity contribution in [2.24, 2.45) is 7.05 Å². The molecule has 26 heavy (non-hydrogen) atoms. The van der Waals surface area contributed by atoms with Crippen LogP contribution in [0.15, 0.2) is 42.7 Å². The van der Waals surface area contributed by atoms with Crippen molar-refractivity contribution < 1.29 is 5.11 Å². The van der Waals surface area contributed by atoms with Crippen LogP contribution in [0, 0.1) is 0 Å². The molecule has 4 rings (SSSR count). The van der Waals surface area contributed by atoms with E-state index in [1.165, 1.54) is 0 Å². The minimum absolute atomic E-state index is 0.327. The Bertz CT molecular complexity index is 857. The van der Waals surface area contributed by atoms with Crippen LogP contribution in [0.25, 0.3) is 0 Å². The lowest BCUT2D eigenvalue weighted by atomic mass is 9.96. The molecule has 0 unspecified atom stereocenters. The number of aromatic nitrogens is 5. The Labute approximate surface area is 152 Å². The Morgan fingerprint density at radius 3 is 2.92 bits per heavy atom. The van der Waals surface area contributed by atoms with Crippen LogP contribution in [0.3, 0.4) is 0 Å². The van der Waals surface area contributed by atoms with Gasteiger partial charge in [-0.1, -0.05) is 12.1 Å². The first-order valence-corrected chi connectivity index (χ1v) is 9.05. The summed E-state index contributed by atoms with van der Waals surface area (Å²) in [7, 11) is 2.04. The van der Waals surface area contributed by atoms with Crippen molar-refractivity contribution in [3.05, 3.63) is 59.9 Å². The highest BCUT2D eigenvalue weighted by Crippen LogP contribution is 2.27. The van der Waals surface area contributed by atoms with Crippen molar-refractivity contribution in [2.45, 2.75) is 31.8 Å². The third kappa shape index (κ3) is 3.62. The molecule has 0 spiro atoms. The summed E-state index contributed by atoms with van der Waals surface area (Å²) >= 11 is 0. The molecule has 0 bridgehead atoms. The molecule has 7 nitrogen and oxygen atoms in total. The summed E-state index contributed by atoms with van der Waals surface area (Å²) in [5.74, 6) is 2.68. The molecular weight excluding hydrogens is 328 g/mol. The van der Waals surface area contributed by atoms with Gasteiger partial charge in [0.15, 0.2) is 5.82 Å². The van der Waals surface area contributed by atoms with Gasteiger partial charge in [0.2, 0.25) is 0 Å². The van der Waals surface area contributed by atoms with E-state index in [1.807, 2.05) is 36.1 Å². The fourth-order valence-electron chi connectivity index (χ4n) is 3.73. The van der Waals surface area contributed by atoms with Gasteiger partial charge in [-0.25, -0.2) is 0 Å². The molecule has 1 fully saturated rings. The van der Waals surface area contributed by atoms with Gasteiger partial charge in [0.1, 0.15) is 18.1 Å². The number of nitrogens with zero attached hydrogens (tertiary/aromatic N) is 6. The van der Waals surface area contributed by atoms with Gasteiger partial charge < -0.3 is 9.67 Å². The first-order valence-electron chi connectivity index (χ1n) is 9.05. The van der Waals surface area contributed by atoms with Gasteiger partial charge in [0, 0.05) is 38.4 Å². The standard InChI is InChI=1S/C19H24N6O/c1-23-18(14-25-10-4-8-20-25)21-22-19(23)16-6-3-9-24(13-16)12-15-5-2-7-17(26)11-15/h2,4-5,7-8,10-11,16,26H,3,6,9,12-14H2,1H3/t16-/m0/s1. The van der Waals surface area contributed by atoms with Crippen molar-refractivity contribution in [2.75, 3.05) is 13.1 Å². The third-order valence-electron chi connectivity index (χ3n) is 5.05. The minimum atomic E-state index is 0.327. The van der Waals surface area contributed by atoms with Gasteiger partial charge in [-0.05, 0) is 43.1 Å². The number of piperidine rings is 1. The predicted octanol–water partition coefficient (Wildman–Crippen LogP) is 2.15. The molecular formula is C19H24N6O. The Morgan fingerprint density at radius 1 is 1.19 bits per heavy atom. The third-order valence-corrected chi connectivity index (χ3v) is 5.05. The normalized spacial score (nSPS) is 18.3. The van der Waals surface area contributed by atoms with Crippen LogP contribution in [0.5, 0.6) is 5.75 Å². The number of phenolic OH excluding ortho intramolecular Hbond substituents is 1. The maximum atomic E-state index is 9.67. The molecule has 136 valence electrons. The molecule has 0 aliphatic carbocycles. The molecule has 3 aromatic rings. The largest absolute Gasteiger partial charge is 0.508 e. The topological polar surface area (TPSA) is 72.0 Å². The average molecular weight is 352 g/mol. The molecule has 1 saturated heterocycles. The van der Waals surface area contributed by atoms with Crippen LogP contribution < -0.4 is 0 Å². The van der Waals surface area contributed by atoms with Crippen LogP contribution in [-0.4, -0.2) is 47.6 Å². The zero-order valence-corrected chi connectivity index (χ0v) is 15.0. The summed E-state index contributed by atoms with van der Waals surface area (Å²) < 4.78 is 3.98. The van der Waals surface area contributed by atoms with E-state index in [1.54, 1.807) is 12.3 Å². The number of likely N-dealkylation sites (tertiary alicyclic amines) is 1. The van der Waals surface area contributed by atoms with E-state index in [0.29, 0.717) is 18.2 Å². The van der Waals surface area contributed by atoms with Crippen LogP contribution in [0.2, 0.25) is 0 Å². The molecule has 1 atom stereocenters. The molecule has 0 amide bonds. The van der Waals surface area contributed by atoms with Crippen molar-refractivity contribution >= 4 is 0 Å². The van der Waals surface area contributed by atoms with Crippen molar-refractivity contribution in [3.63, 3.8) is 0 Å². The molecule has 1 aliphatic rings. The molecule has 0 saturated carbocycles. The molecule has 1 aliphatic heterocycles. The van der Waals surface area contributed by atoms with E-state index >= 15 is 0 Å². The lowest BCUT2D eigenvalue weighted by Crippen LogP contribution is -2.34. The van der Waals surface area contributed by atoms with Gasteiger partial charge in [-0.2, -0.15) is 5.10 Å². The number of hydrogen-bond acceptors (Lipinski definition) is 5. The molecule has 3 heterocycles. The smallest absolute Gasteiger partial charge is 0.154 e. The average Bonchev–Trinajstić information content (AvgIpc) is 3.26. The van der Waals surface area contributed by atoms with Crippen LogP contribution >= 0.6 is 0 Å². The van der Waals surface area contributed by atoms with E-state index in [-0.39, 0.29) is 0 Å². The quantitative estimate of drug-likeness (QED) is 0.762. The molecule has 2 aromatic heterocycles. The van der Waals surface area contributed by atoms with Gasteiger partial charge in [0.05, 0.1) is 0 Å². The second kappa shape index (κ2) is 7.29. The summed E-state index contributed by atoms with van der Waals surface area (Å²) in [6, 6.07) is 9.43. The number of hydrogen-bond donors (Lipinski definition) is 1. The summed E-state index contributed by atoms with van der Waals surface area (Å²) in [5.41, 5.74) is 1.14. The van der Waals surface area contributed by atoms with Gasteiger partial charge in [-0.15, -0.1) is 10.2 Å². The number of rotatable bonds is 5. The Balaban J connectivity index is 1.45. The van der Waals surface area contributed by atoms with E-state index in [2.05, 4.69) is 30.8 Å². The first-order chi connectivity index (χ1) is 12.7. The van der Waals surface area contributed by atoms with Gasteiger partial charge in [0.25, 0.3) is 0 Å². The highest BCUT2D eigenvalue weighted by molar-refractivity contribution is 5.27. The maximum absolute atomic E-state index is 9.67. The van der Waals surface area contributed by atoms with Crippen LogP contribution in [0.4, 0.5) is 0 Å². The lowest BCUT2D eigenvalue weighted by molar-refractivity contribution is 0.195. The fraction of sp³-hybridized carbons (Fsp3) is 0.421. The molecule has 7 heteroatoms. The summed E-state index contributed by atoms with van der Waals surface area (Å²) in [5, 5.41) is 22.8. The van der Waals surface area contributed by atoms with Crippen LogP contribution in [0.1, 0.15) is 36.0 Å². The van der Waals surface area contributed by atoms with Crippen molar-refractivity contribution in [1.82, 2.24) is 29.4 Å². The van der Waals surface area contributed by atoms with Crippen molar-refractivity contribution in [1.29, 1.82) is 0 Å². The number of aromatic hydroxyl groups is 1. The van der Waals surface area contributed by atoms with Crippen LogP contribution in [-0.2, 0) is 20.1 Å². The number of benzene rings is 1. The zero-order chi connectivity index (χ0) is 17.9. The van der Waals surface area contributed by atoms with Gasteiger partial charge >= 0.3 is 0 Å². The first kappa shape index (κ1) is 16.8. The Hall–Kier alpha value is -2.67. The van der Waals surface area contributed by atoms with Gasteiger partial charge in [-0.3, -0.25) is 9.58 Å². The van der Waals surface area contributed by atoms with E-state index in [4.69, 9.17) is 0 Å². The second-order valence-corrected chi connectivity index (χ2v) is 6.98. The Kier molecular flexibility index (Phi) is 4.71. The molecule has 1 aromatic carbocycles. The van der Waals surface area contributed by atoms with E-state index in [9.17, 15) is 5.11 Å². The predicted molar refractivity (Wildman–Crippen MR) is 97.7 cm³/mol. The fourth-order valence-corrected chi connectivity index (χ4v) is 3.73. The second-order valence-electron chi connectivity index (χ2n) is 6.98. The lowest BCUT2D eigenvalue weighted by Gasteiger charge is -2.32. The van der Waals surface area contributed by atoms with E-state index < -0.39 is 0 Å². The number of phenols is 1. The molecule has 0 radical (unpaired) electrons. The monoisotopic (exact) mass is 352 g/mol. The van der Waals surface area contributed by atoms with Crippen molar-refractivity contribution in [3.8, 4) is 5.75 Å². The highest BCUT2D eigenvalue weighted by Gasteiger charge is 2.26. The van der Waals surface area contributed by atoms with E-state index in [0.717, 1.165) is 49.7 Å². The maximum Gasteiger partial charge on any atom is 0.154 e. The summed E-state index contributed by atoms with van der Waals surface area (Å²) in [6.07, 6.45) is 5.98. The summed E-state index contributed by atoms with van der Waals surface area (Å²) in [6.45, 7) is 3.52. The SMILES string of the molecule is Cn1c(Cn2cccn2)nnc1[C@H]1CCCN(Cc2cccc(O)c2)C1. The molecule has 1 N–H and O–H groups in total. The zero-order valence-electron chi connectivity index (χ0n) is 15.0.